The van der Waals surface area contributed by atoms with Crippen LogP contribution in [0.25, 0.3) is 0 Å². The quantitative estimate of drug-likeness (QED) is 0.148. The highest BCUT2D eigenvalue weighted by molar-refractivity contribution is 9.09. The second-order valence-electron chi connectivity index (χ2n) is 9.99. The van der Waals surface area contributed by atoms with Gasteiger partial charge in [0, 0.05) is 18.2 Å². The molecule has 0 aromatic carbocycles. The topological polar surface area (TPSA) is 129 Å². The molecule has 10 heteroatoms. The number of nitrogens with one attached hydrogen (secondary N) is 3. The Morgan fingerprint density at radius 3 is 2.37 bits per heavy atom. The normalized spacial score (nSPS) is 31.7. The van der Waals surface area contributed by atoms with E-state index in [4.69, 9.17) is 9.47 Å². The minimum Gasteiger partial charge on any atom is -0.396 e. The van der Waals surface area contributed by atoms with Gasteiger partial charge >= 0.3 is 0 Å². The van der Waals surface area contributed by atoms with E-state index in [1.54, 1.807) is 6.08 Å². The lowest BCUT2D eigenvalue weighted by Gasteiger charge is -2.39. The first-order valence-electron chi connectivity index (χ1n) is 13.5. The van der Waals surface area contributed by atoms with Gasteiger partial charge in [0.15, 0.2) is 0 Å². The summed E-state index contributed by atoms with van der Waals surface area (Å²) in [7, 11) is 0. The van der Waals surface area contributed by atoms with E-state index in [2.05, 4.69) is 58.6 Å². The van der Waals surface area contributed by atoms with Crippen molar-refractivity contribution in [2.45, 2.75) is 104 Å². The van der Waals surface area contributed by atoms with Crippen molar-refractivity contribution in [1.29, 1.82) is 0 Å². The summed E-state index contributed by atoms with van der Waals surface area (Å²) in [5, 5.41) is 23.8. The van der Waals surface area contributed by atoms with Crippen LogP contribution < -0.4 is 16.2 Å². The third-order valence-electron chi connectivity index (χ3n) is 6.71. The molecule has 0 bridgehead atoms. The summed E-state index contributed by atoms with van der Waals surface area (Å²) >= 11 is 3.00. The van der Waals surface area contributed by atoms with Crippen molar-refractivity contribution in [2.75, 3.05) is 11.9 Å². The van der Waals surface area contributed by atoms with Crippen LogP contribution in [0.5, 0.6) is 0 Å². The van der Waals surface area contributed by atoms with Crippen molar-refractivity contribution in [3.63, 3.8) is 0 Å². The molecule has 9 nitrogen and oxygen atoms in total. The minimum atomic E-state index is -0.883. The van der Waals surface area contributed by atoms with E-state index in [1.165, 1.54) is 0 Å². The van der Waals surface area contributed by atoms with E-state index in [0.29, 0.717) is 12.3 Å². The van der Waals surface area contributed by atoms with Gasteiger partial charge in [-0.2, -0.15) is 0 Å². The molecule has 2 rings (SSSR count). The van der Waals surface area contributed by atoms with E-state index in [0.717, 1.165) is 24.1 Å². The third-order valence-corrected chi connectivity index (χ3v) is 7.22. The van der Waals surface area contributed by atoms with Gasteiger partial charge in [-0.15, -0.1) is 0 Å². The number of aliphatic hydroxyl groups excluding tert-OH is 2. The maximum atomic E-state index is 12.1. The zero-order valence-corrected chi connectivity index (χ0v) is 25.3. The van der Waals surface area contributed by atoms with Crippen molar-refractivity contribution < 1.29 is 29.3 Å². The molecular weight excluding hydrogens is 554 g/mol. The summed E-state index contributed by atoms with van der Waals surface area (Å²) in [5.41, 5.74) is 6.58. The van der Waals surface area contributed by atoms with Gasteiger partial charge in [0.1, 0.15) is 6.10 Å². The fourth-order valence-electron chi connectivity index (χ4n) is 4.65. The molecule has 218 valence electrons. The molecule has 2 fully saturated rings. The number of hydrogen-bond donors (Lipinski definition) is 5. The number of allylic oxidation sites excluding steroid dienone is 3. The summed E-state index contributed by atoms with van der Waals surface area (Å²) in [6.45, 7) is 16.0. The second-order valence-corrected chi connectivity index (χ2v) is 10.6. The second kappa shape index (κ2) is 17.8. The molecule has 38 heavy (non-hydrogen) atoms. The standard InChI is InChI=1S/C26H42BrN3O6.C2H6/c1-15(2)28-21-10-17(4)22(35-18(21)5)8-6-16(3)7-9-23-26(34)19(14-31)11-20(36-23)12-24(32)29-30-25(33)13-27;1-2/h6-7,9,17-23,26,28,31,34H,1,8,10-14H2,2-5H3,(H,29,32)(H,30,33);1-2H3/b9-7+,16-6+;/t17?,18?,19?,20-,21?,22?,23?,26-;/m0./s1. The van der Waals surface area contributed by atoms with Gasteiger partial charge in [-0.05, 0) is 46.0 Å². The van der Waals surface area contributed by atoms with Crippen molar-refractivity contribution >= 4 is 27.7 Å². The molecule has 0 radical (unpaired) electrons. The van der Waals surface area contributed by atoms with Crippen molar-refractivity contribution in [3.8, 4) is 0 Å². The van der Waals surface area contributed by atoms with Crippen LogP contribution in [0, 0.1) is 11.8 Å². The fourth-order valence-corrected chi connectivity index (χ4v) is 4.79. The average molecular weight is 603 g/mol. The monoisotopic (exact) mass is 601 g/mol. The number of ether oxygens (including phenoxy) is 2. The molecule has 2 aliphatic heterocycles. The Morgan fingerprint density at radius 1 is 1.11 bits per heavy atom. The van der Waals surface area contributed by atoms with Gasteiger partial charge in [0.25, 0.3) is 0 Å². The van der Waals surface area contributed by atoms with Crippen molar-refractivity contribution in [2.24, 2.45) is 11.8 Å². The molecule has 2 heterocycles. The van der Waals surface area contributed by atoms with Crippen molar-refractivity contribution in [1.82, 2.24) is 16.2 Å². The number of hydrogen-bond acceptors (Lipinski definition) is 7. The van der Waals surface area contributed by atoms with Crippen LogP contribution in [0.4, 0.5) is 0 Å². The highest BCUT2D eigenvalue weighted by Gasteiger charge is 2.37. The van der Waals surface area contributed by atoms with Crippen LogP contribution >= 0.6 is 15.9 Å². The molecule has 0 saturated carbocycles. The highest BCUT2D eigenvalue weighted by Crippen LogP contribution is 2.30. The van der Waals surface area contributed by atoms with Crippen LogP contribution in [0.2, 0.25) is 0 Å². The molecule has 8 atom stereocenters. The maximum absolute atomic E-state index is 12.1. The van der Waals surface area contributed by atoms with Crippen LogP contribution in [0.15, 0.2) is 36.1 Å². The number of alkyl halides is 1. The minimum absolute atomic E-state index is 0.00126. The number of aliphatic hydroxyl groups is 2. The smallest absolute Gasteiger partial charge is 0.249 e. The van der Waals surface area contributed by atoms with Gasteiger partial charge in [-0.3, -0.25) is 20.4 Å². The maximum Gasteiger partial charge on any atom is 0.249 e. The molecule has 0 aromatic heterocycles. The Hall–Kier alpha value is -1.72. The van der Waals surface area contributed by atoms with E-state index in [9.17, 15) is 19.8 Å². The number of rotatable bonds is 10. The summed E-state index contributed by atoms with van der Waals surface area (Å²) in [4.78, 5) is 23.4. The Kier molecular flexibility index (Phi) is 16.1. The summed E-state index contributed by atoms with van der Waals surface area (Å²) < 4.78 is 12.2. The Bertz CT molecular complexity index is 820. The number of hydrazine groups is 1. The highest BCUT2D eigenvalue weighted by atomic mass is 79.9. The molecule has 0 aromatic rings. The van der Waals surface area contributed by atoms with Crippen LogP contribution in [-0.2, 0) is 19.1 Å². The number of halogens is 1. The van der Waals surface area contributed by atoms with E-state index in [1.807, 2.05) is 33.8 Å². The number of amides is 2. The van der Waals surface area contributed by atoms with E-state index in [-0.39, 0.29) is 42.5 Å². The predicted molar refractivity (Wildman–Crippen MR) is 153 cm³/mol. The Balaban J connectivity index is 0.00000352. The average Bonchev–Trinajstić information content (AvgIpc) is 2.89. The van der Waals surface area contributed by atoms with E-state index >= 15 is 0 Å². The molecule has 0 aliphatic carbocycles. The summed E-state index contributed by atoms with van der Waals surface area (Å²) in [6.07, 6.45) is 6.09. The zero-order chi connectivity index (χ0) is 28.8. The van der Waals surface area contributed by atoms with Crippen LogP contribution in [-0.4, -0.2) is 70.5 Å². The first-order valence-corrected chi connectivity index (χ1v) is 14.7. The molecule has 2 amide bonds. The lowest BCUT2D eigenvalue weighted by atomic mass is 9.87. The molecule has 0 spiro atoms. The molecule has 2 aliphatic rings. The largest absolute Gasteiger partial charge is 0.396 e. The first kappa shape index (κ1) is 34.3. The predicted octanol–water partition coefficient (Wildman–Crippen LogP) is 3.27. The van der Waals surface area contributed by atoms with Crippen LogP contribution in [0.1, 0.15) is 67.2 Å². The summed E-state index contributed by atoms with van der Waals surface area (Å²) in [6, 6.07) is 0.263. The van der Waals surface area contributed by atoms with E-state index < -0.39 is 30.1 Å². The molecule has 6 unspecified atom stereocenters. The zero-order valence-electron chi connectivity index (χ0n) is 23.7. The number of carbonyl (C=O) groups excluding carboxylic acids is 2. The van der Waals surface area contributed by atoms with Gasteiger partial charge in [0.05, 0.1) is 42.2 Å². The number of carbonyl (C=O) groups is 2. The van der Waals surface area contributed by atoms with Crippen LogP contribution in [0.3, 0.4) is 0 Å². The van der Waals surface area contributed by atoms with Gasteiger partial charge in [-0.25, -0.2) is 0 Å². The van der Waals surface area contributed by atoms with Gasteiger partial charge in [0.2, 0.25) is 11.8 Å². The molecular formula is C28H48BrN3O6. The fraction of sp³-hybridized carbons (Fsp3) is 0.714. The summed E-state index contributed by atoms with van der Waals surface area (Å²) in [5.74, 6) is -0.791. The SMILES string of the molecule is C=C(C)NC1CC(C)C(C/C=C(C)/C=C/C2O[C@H](CC(=O)NNC(=O)CBr)CC(CO)[C@@H]2O)OC1C.CC. The van der Waals surface area contributed by atoms with Gasteiger partial charge in [-0.1, -0.05) is 67.1 Å². The molecule has 2 saturated heterocycles. The third kappa shape index (κ3) is 11.6. The Morgan fingerprint density at radius 2 is 1.76 bits per heavy atom. The Labute approximate surface area is 236 Å². The first-order chi connectivity index (χ1) is 18.0. The lowest BCUT2D eigenvalue weighted by molar-refractivity contribution is -0.147. The van der Waals surface area contributed by atoms with Crippen molar-refractivity contribution in [3.05, 3.63) is 36.1 Å². The van der Waals surface area contributed by atoms with Gasteiger partial charge < -0.3 is 25.0 Å². The lowest BCUT2D eigenvalue weighted by Crippen LogP contribution is -2.48. The molecule has 5 N–H and O–H groups in total.